The largest absolute Gasteiger partial charge is 0.387 e. The fourth-order valence-corrected chi connectivity index (χ4v) is 4.00. The van der Waals surface area contributed by atoms with Crippen LogP contribution < -0.4 is 0 Å². The molecule has 6 heteroatoms. The highest BCUT2D eigenvalue weighted by Crippen LogP contribution is 2.28. The van der Waals surface area contributed by atoms with E-state index < -0.39 is 30.7 Å². The number of benzene rings is 3. The SMILES string of the molecule is CO[C@H]1O[C@H](COCc2ccccc2)[C@@H](OCc2ccccc2)[C@H](O)[C@@H]1OCc1ccccc1. The van der Waals surface area contributed by atoms with Crippen molar-refractivity contribution in [2.45, 2.75) is 50.5 Å². The van der Waals surface area contributed by atoms with Gasteiger partial charge in [-0.15, -0.1) is 0 Å². The summed E-state index contributed by atoms with van der Waals surface area (Å²) in [7, 11) is 1.54. The number of methoxy groups -OCH3 is 1. The fraction of sp³-hybridized carbons (Fsp3) is 0.357. The maximum Gasteiger partial charge on any atom is 0.186 e. The van der Waals surface area contributed by atoms with Gasteiger partial charge < -0.3 is 28.8 Å². The topological polar surface area (TPSA) is 66.4 Å². The molecule has 1 aliphatic heterocycles. The molecule has 3 aromatic carbocycles. The minimum Gasteiger partial charge on any atom is -0.387 e. The van der Waals surface area contributed by atoms with Crippen LogP contribution in [0.5, 0.6) is 0 Å². The second-order valence-corrected chi connectivity index (χ2v) is 8.29. The number of rotatable bonds is 11. The Morgan fingerprint density at radius 2 is 1.15 bits per heavy atom. The molecule has 1 N–H and O–H groups in total. The van der Waals surface area contributed by atoms with Crippen LogP contribution in [-0.2, 0) is 43.5 Å². The summed E-state index contributed by atoms with van der Waals surface area (Å²) in [4.78, 5) is 0. The molecule has 0 radical (unpaired) electrons. The molecule has 1 saturated heterocycles. The van der Waals surface area contributed by atoms with Gasteiger partial charge in [0.05, 0.1) is 26.4 Å². The van der Waals surface area contributed by atoms with Crippen molar-refractivity contribution in [3.05, 3.63) is 108 Å². The zero-order chi connectivity index (χ0) is 23.6. The van der Waals surface area contributed by atoms with Crippen molar-refractivity contribution in [1.82, 2.24) is 0 Å². The monoisotopic (exact) mass is 464 g/mol. The number of hydrogen-bond acceptors (Lipinski definition) is 6. The van der Waals surface area contributed by atoms with Gasteiger partial charge in [-0.1, -0.05) is 91.0 Å². The van der Waals surface area contributed by atoms with Crippen molar-refractivity contribution >= 4 is 0 Å². The van der Waals surface area contributed by atoms with Gasteiger partial charge >= 0.3 is 0 Å². The van der Waals surface area contributed by atoms with Gasteiger partial charge in [-0.2, -0.15) is 0 Å². The molecule has 1 aliphatic rings. The molecule has 34 heavy (non-hydrogen) atoms. The summed E-state index contributed by atoms with van der Waals surface area (Å²) in [5, 5.41) is 11.3. The summed E-state index contributed by atoms with van der Waals surface area (Å²) in [6.07, 6.45) is -3.60. The van der Waals surface area contributed by atoms with E-state index in [1.807, 2.05) is 91.0 Å². The van der Waals surface area contributed by atoms with E-state index in [1.165, 1.54) is 0 Å². The molecule has 0 amide bonds. The van der Waals surface area contributed by atoms with Gasteiger partial charge in [0.15, 0.2) is 6.29 Å². The highest BCUT2D eigenvalue weighted by atomic mass is 16.7. The van der Waals surface area contributed by atoms with Gasteiger partial charge in [0.1, 0.15) is 24.4 Å². The Bertz CT molecular complexity index is 950. The minimum atomic E-state index is -0.962. The Morgan fingerprint density at radius 1 is 0.676 bits per heavy atom. The van der Waals surface area contributed by atoms with E-state index in [2.05, 4.69) is 0 Å². The normalized spacial score (nSPS) is 24.7. The molecule has 180 valence electrons. The van der Waals surface area contributed by atoms with Crippen LogP contribution in [0.2, 0.25) is 0 Å². The molecule has 1 fully saturated rings. The molecular formula is C28H32O6. The second-order valence-electron chi connectivity index (χ2n) is 8.29. The van der Waals surface area contributed by atoms with E-state index in [0.29, 0.717) is 19.8 Å². The van der Waals surface area contributed by atoms with E-state index in [0.717, 1.165) is 16.7 Å². The van der Waals surface area contributed by atoms with E-state index >= 15 is 0 Å². The zero-order valence-corrected chi connectivity index (χ0v) is 19.4. The summed E-state index contributed by atoms with van der Waals surface area (Å²) >= 11 is 0. The van der Waals surface area contributed by atoms with Crippen molar-refractivity contribution in [2.24, 2.45) is 0 Å². The molecule has 3 aromatic rings. The Hall–Kier alpha value is -2.58. The second kappa shape index (κ2) is 12.8. The number of aliphatic hydroxyl groups excluding tert-OH is 1. The molecule has 0 unspecified atom stereocenters. The molecule has 0 spiro atoms. The fourth-order valence-electron chi connectivity index (χ4n) is 4.00. The van der Waals surface area contributed by atoms with Gasteiger partial charge in [0.2, 0.25) is 0 Å². The van der Waals surface area contributed by atoms with E-state index in [1.54, 1.807) is 7.11 Å². The molecule has 0 aliphatic carbocycles. The first-order valence-corrected chi connectivity index (χ1v) is 11.5. The molecule has 0 bridgehead atoms. The first kappa shape index (κ1) is 24.5. The molecular weight excluding hydrogens is 432 g/mol. The lowest BCUT2D eigenvalue weighted by Gasteiger charge is -2.43. The van der Waals surface area contributed by atoms with Crippen molar-refractivity contribution in [1.29, 1.82) is 0 Å². The van der Waals surface area contributed by atoms with Crippen molar-refractivity contribution in [3.63, 3.8) is 0 Å². The van der Waals surface area contributed by atoms with Crippen molar-refractivity contribution < 1.29 is 28.8 Å². The number of aliphatic hydroxyl groups is 1. The zero-order valence-electron chi connectivity index (χ0n) is 19.4. The Balaban J connectivity index is 1.44. The lowest BCUT2D eigenvalue weighted by Crippen LogP contribution is -2.60. The summed E-state index contributed by atoms with van der Waals surface area (Å²) in [6, 6.07) is 29.6. The Labute approximate surface area is 201 Å². The van der Waals surface area contributed by atoms with E-state index in [4.69, 9.17) is 23.7 Å². The Morgan fingerprint density at radius 3 is 1.65 bits per heavy atom. The molecule has 4 rings (SSSR count). The minimum absolute atomic E-state index is 0.247. The quantitative estimate of drug-likeness (QED) is 0.461. The van der Waals surface area contributed by atoms with Gasteiger partial charge in [0.25, 0.3) is 0 Å². The smallest absolute Gasteiger partial charge is 0.186 e. The van der Waals surface area contributed by atoms with E-state index in [-0.39, 0.29) is 6.61 Å². The van der Waals surface area contributed by atoms with Gasteiger partial charge in [0, 0.05) is 7.11 Å². The maximum atomic E-state index is 11.3. The first-order chi connectivity index (χ1) is 16.7. The van der Waals surface area contributed by atoms with Gasteiger partial charge in [-0.3, -0.25) is 0 Å². The average Bonchev–Trinajstić information content (AvgIpc) is 2.89. The number of hydrogen-bond donors (Lipinski definition) is 1. The predicted octanol–water partition coefficient (Wildman–Crippen LogP) is 4.11. The summed E-state index contributed by atoms with van der Waals surface area (Å²) in [5.74, 6) is 0. The highest BCUT2D eigenvalue weighted by Gasteiger charge is 2.47. The predicted molar refractivity (Wildman–Crippen MR) is 128 cm³/mol. The molecule has 6 nitrogen and oxygen atoms in total. The van der Waals surface area contributed by atoms with Gasteiger partial charge in [-0.25, -0.2) is 0 Å². The van der Waals surface area contributed by atoms with Gasteiger partial charge in [-0.05, 0) is 16.7 Å². The lowest BCUT2D eigenvalue weighted by molar-refractivity contribution is -0.315. The van der Waals surface area contributed by atoms with Crippen LogP contribution in [-0.4, -0.2) is 49.5 Å². The van der Waals surface area contributed by atoms with Crippen molar-refractivity contribution in [2.75, 3.05) is 13.7 Å². The summed E-state index contributed by atoms with van der Waals surface area (Å²) in [6.45, 7) is 1.35. The molecule has 0 saturated carbocycles. The van der Waals surface area contributed by atoms with Crippen LogP contribution in [0.3, 0.4) is 0 Å². The van der Waals surface area contributed by atoms with Crippen LogP contribution >= 0.6 is 0 Å². The Kier molecular flexibility index (Phi) is 9.21. The van der Waals surface area contributed by atoms with Crippen LogP contribution in [0, 0.1) is 0 Å². The third-order valence-electron chi connectivity index (χ3n) is 5.81. The third kappa shape index (κ3) is 6.73. The first-order valence-electron chi connectivity index (χ1n) is 11.5. The third-order valence-corrected chi connectivity index (χ3v) is 5.81. The van der Waals surface area contributed by atoms with Crippen molar-refractivity contribution in [3.8, 4) is 0 Å². The van der Waals surface area contributed by atoms with Crippen LogP contribution in [0.1, 0.15) is 16.7 Å². The highest BCUT2D eigenvalue weighted by molar-refractivity contribution is 5.15. The molecule has 1 heterocycles. The van der Waals surface area contributed by atoms with Crippen LogP contribution in [0.15, 0.2) is 91.0 Å². The molecule has 5 atom stereocenters. The van der Waals surface area contributed by atoms with E-state index in [9.17, 15) is 5.11 Å². The average molecular weight is 465 g/mol. The summed E-state index contributed by atoms with van der Waals surface area (Å²) < 4.78 is 29.9. The number of ether oxygens (including phenoxy) is 5. The van der Waals surface area contributed by atoms with Crippen LogP contribution in [0.25, 0.3) is 0 Å². The summed E-state index contributed by atoms with van der Waals surface area (Å²) in [5.41, 5.74) is 3.07. The lowest BCUT2D eigenvalue weighted by atomic mass is 9.98. The standard InChI is InChI=1S/C28H32O6/c1-30-28-27(33-19-23-15-9-4-10-16-23)25(29)26(32-18-22-13-7-3-8-14-22)24(34-28)20-31-17-21-11-5-2-6-12-21/h2-16,24-29H,17-20H2,1H3/t24-,25+,26-,27+,28+/m1/s1. The molecule has 0 aromatic heterocycles. The maximum absolute atomic E-state index is 11.3. The van der Waals surface area contributed by atoms with Crippen LogP contribution in [0.4, 0.5) is 0 Å².